The zero-order chi connectivity index (χ0) is 17.7. The highest BCUT2D eigenvalue weighted by Gasteiger charge is 2.45. The quantitative estimate of drug-likeness (QED) is 0.503. The molecule has 22 heavy (non-hydrogen) atoms. The zero-order valence-corrected chi connectivity index (χ0v) is 14.9. The number of hydrogen-bond donors (Lipinski definition) is 0. The molecule has 0 aliphatic heterocycles. The van der Waals surface area contributed by atoms with Gasteiger partial charge in [0, 0.05) is 0 Å². The van der Waals surface area contributed by atoms with Crippen molar-refractivity contribution < 1.29 is 27.5 Å². The minimum atomic E-state index is -5.08. The average molecular weight is 363 g/mol. The summed E-state index contributed by atoms with van der Waals surface area (Å²) in [5.41, 5.74) is 0. The summed E-state index contributed by atoms with van der Waals surface area (Å²) in [6.07, 6.45) is -8.07. The number of nitrogens with zero attached hydrogens (tertiary/aromatic N) is 3. The molecule has 6 nitrogen and oxygen atoms in total. The summed E-state index contributed by atoms with van der Waals surface area (Å²) in [7, 11) is 6.51. The van der Waals surface area contributed by atoms with Gasteiger partial charge in [0.15, 0.2) is 0 Å². The third-order valence-electron chi connectivity index (χ3n) is 2.76. The number of halogens is 3. The molecule has 0 aromatic heterocycles. The van der Waals surface area contributed by atoms with Gasteiger partial charge in [-0.3, -0.25) is 18.9 Å². The zero-order valence-electron chi connectivity index (χ0n) is 13.2. The van der Waals surface area contributed by atoms with E-state index in [-0.39, 0.29) is 12.9 Å². The second-order valence-corrected chi connectivity index (χ2v) is 9.77. The van der Waals surface area contributed by atoms with Crippen molar-refractivity contribution in [3.8, 4) is 0 Å². The summed E-state index contributed by atoms with van der Waals surface area (Å²) in [5, 5.41) is 0. The molecule has 130 valence electrons. The van der Waals surface area contributed by atoms with Gasteiger partial charge < -0.3 is 9.64 Å². The lowest BCUT2D eigenvalue weighted by molar-refractivity contribution is -0.186. The van der Waals surface area contributed by atoms with Crippen molar-refractivity contribution in [1.82, 2.24) is 14.2 Å². The first-order valence-electron chi connectivity index (χ1n) is 6.32. The molecular formula is C11H21F3N3O3PS. The van der Waals surface area contributed by atoms with Crippen LogP contribution in [0.2, 0.25) is 0 Å². The van der Waals surface area contributed by atoms with Crippen LogP contribution in [-0.2, 0) is 26.1 Å². The molecule has 0 rings (SSSR count). The summed E-state index contributed by atoms with van der Waals surface area (Å²) in [6, 6.07) is 0. The van der Waals surface area contributed by atoms with Crippen LogP contribution in [0.25, 0.3) is 0 Å². The lowest BCUT2D eigenvalue weighted by atomic mass is 10.5. The molecule has 0 unspecified atom stereocenters. The van der Waals surface area contributed by atoms with Gasteiger partial charge in [-0.2, -0.15) is 13.2 Å². The highest BCUT2D eigenvalue weighted by atomic mass is 32.4. The lowest BCUT2D eigenvalue weighted by Gasteiger charge is -2.38. The van der Waals surface area contributed by atoms with E-state index in [0.717, 1.165) is 0 Å². The number of alkyl halides is 3. The number of rotatable bonds is 7. The molecule has 0 spiro atoms. The molecule has 0 bridgehead atoms. The molecular weight excluding hydrogens is 342 g/mol. The molecule has 0 aliphatic rings. The molecule has 1 amide bonds. The van der Waals surface area contributed by atoms with Gasteiger partial charge >= 0.3 is 18.1 Å². The fraction of sp³-hybridized carbons (Fsp3) is 0.818. The third kappa shape index (κ3) is 5.83. The Kier molecular flexibility index (Phi) is 7.97. The maximum Gasteiger partial charge on any atom is 0.471 e. The van der Waals surface area contributed by atoms with E-state index in [1.165, 1.54) is 6.92 Å². The van der Waals surface area contributed by atoms with E-state index >= 15 is 0 Å². The van der Waals surface area contributed by atoms with Gasteiger partial charge in [0.25, 0.3) is 0 Å². The molecule has 0 saturated carbocycles. The van der Waals surface area contributed by atoms with Gasteiger partial charge in [0.2, 0.25) is 0 Å². The van der Waals surface area contributed by atoms with Crippen LogP contribution in [0.5, 0.6) is 0 Å². The van der Waals surface area contributed by atoms with Crippen LogP contribution >= 0.6 is 6.34 Å². The Morgan fingerprint density at radius 2 is 1.59 bits per heavy atom. The van der Waals surface area contributed by atoms with Crippen LogP contribution in [-0.4, -0.2) is 79.9 Å². The Bertz CT molecular complexity index is 446. The molecule has 0 aromatic carbocycles. The van der Waals surface area contributed by atoms with E-state index in [1.807, 2.05) is 0 Å². The van der Waals surface area contributed by atoms with Gasteiger partial charge in [-0.1, -0.05) is 11.8 Å². The van der Waals surface area contributed by atoms with Crippen molar-refractivity contribution in [2.24, 2.45) is 0 Å². The van der Waals surface area contributed by atoms with E-state index in [4.69, 9.17) is 11.8 Å². The van der Waals surface area contributed by atoms with Crippen molar-refractivity contribution in [3.05, 3.63) is 0 Å². The van der Waals surface area contributed by atoms with Crippen LogP contribution in [0.3, 0.4) is 0 Å². The Morgan fingerprint density at radius 3 is 1.91 bits per heavy atom. The van der Waals surface area contributed by atoms with E-state index in [2.05, 4.69) is 4.74 Å². The maximum absolute atomic E-state index is 12.7. The predicted molar refractivity (Wildman–Crippen MR) is 80.9 cm³/mol. The third-order valence-corrected chi connectivity index (χ3v) is 8.28. The smallest absolute Gasteiger partial charge is 0.465 e. The summed E-state index contributed by atoms with van der Waals surface area (Å²) in [6.45, 7) is 0.756. The Hall–Kier alpha value is -0.700. The number of hydrogen-bond acceptors (Lipinski definition) is 4. The first kappa shape index (κ1) is 21.3. The predicted octanol–water partition coefficient (Wildman–Crippen LogP) is 1.33. The van der Waals surface area contributed by atoms with Gasteiger partial charge in [0.05, 0.1) is 19.2 Å². The van der Waals surface area contributed by atoms with Crippen LogP contribution in [0, 0.1) is 0 Å². The van der Waals surface area contributed by atoms with E-state index in [0.29, 0.717) is 4.90 Å². The Labute approximate surface area is 133 Å². The van der Waals surface area contributed by atoms with Gasteiger partial charge in [-0.15, -0.1) is 0 Å². The monoisotopic (exact) mass is 363 g/mol. The fourth-order valence-corrected chi connectivity index (χ4v) is 3.87. The normalized spacial score (nSPS) is 12.6. The number of amides is 1. The van der Waals surface area contributed by atoms with Gasteiger partial charge in [-0.25, -0.2) is 0 Å². The first-order chi connectivity index (χ1) is 9.86. The van der Waals surface area contributed by atoms with E-state index < -0.39 is 30.9 Å². The summed E-state index contributed by atoms with van der Waals surface area (Å²) < 4.78 is 46.0. The Morgan fingerprint density at radius 1 is 1.14 bits per heavy atom. The second kappa shape index (κ2) is 8.24. The van der Waals surface area contributed by atoms with Gasteiger partial charge in [-0.05, 0) is 35.1 Å². The fourth-order valence-electron chi connectivity index (χ4n) is 1.56. The topological polar surface area (TPSA) is 53.1 Å². The highest BCUT2D eigenvalue weighted by Crippen LogP contribution is 2.50. The maximum atomic E-state index is 12.7. The van der Waals surface area contributed by atoms with Crippen molar-refractivity contribution in [2.45, 2.75) is 13.1 Å². The molecule has 11 heteroatoms. The second-order valence-electron chi connectivity index (χ2n) is 4.81. The van der Waals surface area contributed by atoms with Crippen LogP contribution in [0.4, 0.5) is 13.2 Å². The van der Waals surface area contributed by atoms with E-state index in [9.17, 15) is 22.8 Å². The minimum Gasteiger partial charge on any atom is -0.465 e. The Balaban J connectivity index is 5.45. The lowest BCUT2D eigenvalue weighted by Crippen LogP contribution is -2.46. The highest BCUT2D eigenvalue weighted by molar-refractivity contribution is 8.12. The minimum absolute atomic E-state index is 0.0163. The molecule has 0 saturated heterocycles. The SMILES string of the molecule is CCOC(=O)CN(CP(=S)(N(C)C)N(C)C)C(=O)C(F)(F)F. The number of carbonyl (C=O) groups is 2. The molecule has 0 aliphatic carbocycles. The van der Waals surface area contributed by atoms with Crippen molar-refractivity contribution in [3.63, 3.8) is 0 Å². The largest absolute Gasteiger partial charge is 0.471 e. The van der Waals surface area contributed by atoms with Crippen molar-refractivity contribution in [2.75, 3.05) is 47.6 Å². The first-order valence-corrected chi connectivity index (χ1v) is 9.22. The summed E-state index contributed by atoms with van der Waals surface area (Å²) >= 11 is 5.44. The number of ether oxygens (including phenoxy) is 1. The molecule has 0 N–H and O–H groups in total. The van der Waals surface area contributed by atoms with Crippen LogP contribution < -0.4 is 0 Å². The number of carbonyl (C=O) groups excluding carboxylic acids is 2. The molecule has 0 heterocycles. The van der Waals surface area contributed by atoms with Crippen LogP contribution in [0.15, 0.2) is 0 Å². The van der Waals surface area contributed by atoms with Crippen molar-refractivity contribution in [1.29, 1.82) is 0 Å². The molecule has 0 aromatic rings. The molecule has 0 atom stereocenters. The van der Waals surface area contributed by atoms with Gasteiger partial charge in [0.1, 0.15) is 6.54 Å². The summed E-state index contributed by atoms with van der Waals surface area (Å²) in [5.74, 6) is -3.00. The van der Waals surface area contributed by atoms with E-state index in [1.54, 1.807) is 37.5 Å². The molecule has 0 fully saturated rings. The standard InChI is InChI=1S/C11H21F3N3O3PS/c1-6-20-9(18)7-17(10(19)11(12,13)14)8-21(22,15(2)3)16(4)5/h6-8H2,1-5H3. The number of esters is 1. The average Bonchev–Trinajstić information content (AvgIpc) is 2.35. The van der Waals surface area contributed by atoms with Crippen molar-refractivity contribution >= 4 is 30.0 Å². The van der Waals surface area contributed by atoms with Crippen LogP contribution in [0.1, 0.15) is 6.92 Å². The molecule has 0 radical (unpaired) electrons. The summed E-state index contributed by atoms with van der Waals surface area (Å²) in [4.78, 5) is 23.4.